The summed E-state index contributed by atoms with van der Waals surface area (Å²) >= 11 is 0. The number of carbonyl (C=O) groups excluding carboxylic acids is 4. The van der Waals surface area contributed by atoms with Gasteiger partial charge in [0.2, 0.25) is 21.8 Å². The smallest absolute Gasteiger partial charge is 0.407 e. The second-order valence-corrected chi connectivity index (χ2v) is 17.0. The highest BCUT2D eigenvalue weighted by molar-refractivity contribution is 7.91. The fourth-order valence-electron chi connectivity index (χ4n) is 6.77. The third-order valence-electron chi connectivity index (χ3n) is 10.0. The number of hydrogen-bond acceptors (Lipinski definition) is 9. The Bertz CT molecular complexity index is 1850. The number of amides is 4. The Morgan fingerprint density at radius 1 is 1.14 bits per heavy atom. The van der Waals surface area contributed by atoms with E-state index in [0.717, 1.165) is 30.2 Å². The second-order valence-electron chi connectivity index (χ2n) is 15.1. The lowest BCUT2D eigenvalue weighted by atomic mass is 9.85. The Labute approximate surface area is 298 Å². The SMILES string of the molecule is C=C[C@@H]1C[C@]1(NC(=O)[C@@H]1C[C@@H]2CN1C(=O)[C@H](C(C)(C)C)NC(=O)OCCCCC/C=C/c1nc3ccccc3cc1O2)C(=O)NS(=O)(=O)C1CC1. The number of sulfonamides is 1. The number of alkyl carbamates (subject to hydrolysis) is 1. The highest BCUT2D eigenvalue weighted by Crippen LogP contribution is 2.45. The number of nitrogens with one attached hydrogen (secondary N) is 3. The molecule has 5 atom stereocenters. The van der Waals surface area contributed by atoms with Crippen molar-refractivity contribution in [3.8, 4) is 5.75 Å². The monoisotopic (exact) mass is 721 g/mol. The van der Waals surface area contributed by atoms with Crippen molar-refractivity contribution in [3.63, 3.8) is 0 Å². The zero-order valence-corrected chi connectivity index (χ0v) is 30.2. The van der Waals surface area contributed by atoms with Gasteiger partial charge >= 0.3 is 6.09 Å². The zero-order valence-electron chi connectivity index (χ0n) is 29.4. The van der Waals surface area contributed by atoms with Gasteiger partial charge in [-0.2, -0.15) is 0 Å². The molecular weight excluding hydrogens is 675 g/mol. The average Bonchev–Trinajstić information content (AvgIpc) is 4.00. The predicted molar refractivity (Wildman–Crippen MR) is 191 cm³/mol. The summed E-state index contributed by atoms with van der Waals surface area (Å²) in [5, 5.41) is 5.77. The molecule has 1 aromatic carbocycles. The van der Waals surface area contributed by atoms with E-state index in [9.17, 15) is 27.6 Å². The lowest BCUT2D eigenvalue weighted by Gasteiger charge is -2.35. The van der Waals surface area contributed by atoms with Crippen LogP contribution in [-0.4, -0.2) is 84.2 Å². The number of hydrogen-bond donors (Lipinski definition) is 3. The molecular formula is C37H47N5O8S. The number of rotatable bonds is 6. The van der Waals surface area contributed by atoms with Gasteiger partial charge in [0, 0.05) is 17.7 Å². The van der Waals surface area contributed by atoms with E-state index in [1.807, 2.05) is 42.5 Å². The van der Waals surface area contributed by atoms with Crippen molar-refractivity contribution >= 4 is 50.8 Å². The second kappa shape index (κ2) is 14.3. The van der Waals surface area contributed by atoms with Crippen molar-refractivity contribution in [1.82, 2.24) is 25.2 Å². The molecule has 6 rings (SSSR count). The molecule has 3 heterocycles. The molecule has 274 valence electrons. The number of cyclic esters (lactones) is 1. The van der Waals surface area contributed by atoms with Crippen LogP contribution >= 0.6 is 0 Å². The van der Waals surface area contributed by atoms with E-state index in [-0.39, 0.29) is 26.0 Å². The Morgan fingerprint density at radius 2 is 1.90 bits per heavy atom. The lowest BCUT2D eigenvalue weighted by Crippen LogP contribution is -2.60. The van der Waals surface area contributed by atoms with Gasteiger partial charge in [-0.15, -0.1) is 6.58 Å². The zero-order chi connectivity index (χ0) is 36.6. The van der Waals surface area contributed by atoms with Crippen molar-refractivity contribution in [1.29, 1.82) is 0 Å². The molecule has 4 aliphatic rings. The first-order chi connectivity index (χ1) is 24.2. The average molecular weight is 722 g/mol. The summed E-state index contributed by atoms with van der Waals surface area (Å²) in [5.74, 6) is -2.00. The number of para-hydroxylation sites is 1. The summed E-state index contributed by atoms with van der Waals surface area (Å²) in [7, 11) is -3.89. The summed E-state index contributed by atoms with van der Waals surface area (Å²) in [6, 6.07) is 7.38. The number of allylic oxidation sites excluding steroid dienone is 1. The van der Waals surface area contributed by atoms with Gasteiger partial charge in [-0.25, -0.2) is 18.2 Å². The summed E-state index contributed by atoms with van der Waals surface area (Å²) in [6.07, 6.45) is 8.34. The molecule has 1 saturated heterocycles. The van der Waals surface area contributed by atoms with E-state index in [1.165, 1.54) is 11.0 Å². The van der Waals surface area contributed by atoms with Crippen LogP contribution in [0.5, 0.6) is 5.75 Å². The Balaban J connectivity index is 1.33. The number of aromatic nitrogens is 1. The number of ether oxygens (including phenoxy) is 2. The largest absolute Gasteiger partial charge is 0.486 e. The molecule has 51 heavy (non-hydrogen) atoms. The molecule has 2 aliphatic carbocycles. The first kappa shape index (κ1) is 36.3. The summed E-state index contributed by atoms with van der Waals surface area (Å²) in [6.45, 7) is 9.37. The van der Waals surface area contributed by atoms with Crippen molar-refractivity contribution in [3.05, 3.63) is 54.8 Å². The minimum absolute atomic E-state index is 0.00362. The topological polar surface area (TPSA) is 173 Å². The van der Waals surface area contributed by atoms with Crippen LogP contribution in [0.4, 0.5) is 4.79 Å². The molecule has 0 unspecified atom stereocenters. The van der Waals surface area contributed by atoms with E-state index in [4.69, 9.17) is 14.5 Å². The van der Waals surface area contributed by atoms with Gasteiger partial charge in [0.25, 0.3) is 5.91 Å². The third-order valence-corrected chi connectivity index (χ3v) is 11.8. The van der Waals surface area contributed by atoms with Crippen LogP contribution < -0.4 is 20.1 Å². The molecule has 13 nitrogen and oxygen atoms in total. The maximum atomic E-state index is 14.5. The van der Waals surface area contributed by atoms with Gasteiger partial charge < -0.3 is 25.0 Å². The van der Waals surface area contributed by atoms with E-state index in [0.29, 0.717) is 30.7 Å². The highest BCUT2D eigenvalue weighted by Gasteiger charge is 2.62. The minimum Gasteiger partial charge on any atom is -0.486 e. The van der Waals surface area contributed by atoms with E-state index >= 15 is 0 Å². The number of benzene rings is 1. The first-order valence-corrected chi connectivity index (χ1v) is 19.2. The Kier molecular flexibility index (Phi) is 10.2. The van der Waals surface area contributed by atoms with E-state index < -0.39 is 74.1 Å². The van der Waals surface area contributed by atoms with Gasteiger partial charge in [0.05, 0.1) is 23.9 Å². The molecule has 14 heteroatoms. The molecule has 2 saturated carbocycles. The summed E-state index contributed by atoms with van der Waals surface area (Å²) in [5.41, 5.74) is -0.906. The molecule has 0 spiro atoms. The molecule has 3 N–H and O–H groups in total. The van der Waals surface area contributed by atoms with E-state index in [2.05, 4.69) is 21.9 Å². The van der Waals surface area contributed by atoms with Crippen LogP contribution in [0.25, 0.3) is 17.0 Å². The lowest BCUT2D eigenvalue weighted by molar-refractivity contribution is -0.142. The van der Waals surface area contributed by atoms with Crippen LogP contribution in [0, 0.1) is 11.3 Å². The predicted octanol–water partition coefficient (Wildman–Crippen LogP) is 3.98. The quantitative estimate of drug-likeness (QED) is 0.373. The van der Waals surface area contributed by atoms with Crippen LogP contribution in [0.3, 0.4) is 0 Å². The fourth-order valence-corrected chi connectivity index (χ4v) is 8.14. The molecule has 2 bridgehead atoms. The molecule has 4 amide bonds. The van der Waals surface area contributed by atoms with Gasteiger partial charge in [0.15, 0.2) is 0 Å². The van der Waals surface area contributed by atoms with Crippen molar-refractivity contribution in [2.24, 2.45) is 11.3 Å². The minimum atomic E-state index is -3.89. The van der Waals surface area contributed by atoms with Gasteiger partial charge in [-0.3, -0.25) is 19.1 Å². The number of pyridine rings is 1. The molecule has 2 aromatic rings. The first-order valence-electron chi connectivity index (χ1n) is 17.7. The molecule has 2 aliphatic heterocycles. The van der Waals surface area contributed by atoms with Gasteiger partial charge in [0.1, 0.15) is 35.2 Å². The van der Waals surface area contributed by atoms with Crippen molar-refractivity contribution < 1.29 is 37.1 Å². The van der Waals surface area contributed by atoms with Crippen LogP contribution in [0.2, 0.25) is 0 Å². The fraction of sp³-hybridized carbons (Fsp3) is 0.541. The van der Waals surface area contributed by atoms with Crippen LogP contribution in [0.15, 0.2) is 49.1 Å². The maximum absolute atomic E-state index is 14.5. The molecule has 3 fully saturated rings. The standard InChI is InChI=1S/C37H47N5O8S/c1-5-24-21-37(24,34(45)41-51(47,48)26-16-17-26)40-32(43)29-20-25-22-42(29)33(44)31(36(2,3)4)39-35(46)49-18-12-8-6-7-9-15-28-30(50-25)19-23-13-10-11-14-27(23)38-28/h5,9-11,13-15,19,24-26,29,31H,1,6-8,12,16-18,20-22H2,2-4H3,(H,39,46)(H,40,43)(H,41,45)/b15-9+/t24-,25-,29+,31-,37-/m1/s1. The number of carbonyl (C=O) groups is 4. The molecule has 1 aromatic heterocycles. The summed E-state index contributed by atoms with van der Waals surface area (Å²) in [4.78, 5) is 61.3. The highest BCUT2D eigenvalue weighted by atomic mass is 32.2. The normalized spacial score (nSPS) is 28.2. The van der Waals surface area contributed by atoms with Crippen LogP contribution in [-0.2, 0) is 29.1 Å². The summed E-state index contributed by atoms with van der Waals surface area (Å²) < 4.78 is 39.5. The van der Waals surface area contributed by atoms with Gasteiger partial charge in [-0.1, -0.05) is 51.1 Å². The number of fused-ring (bicyclic) bond motifs is 4. The van der Waals surface area contributed by atoms with E-state index in [1.54, 1.807) is 20.8 Å². The van der Waals surface area contributed by atoms with Crippen molar-refractivity contribution in [2.45, 2.75) is 101 Å². The van der Waals surface area contributed by atoms with Crippen molar-refractivity contribution in [2.75, 3.05) is 13.2 Å². The molecule has 0 radical (unpaired) electrons. The van der Waals surface area contributed by atoms with Crippen LogP contribution in [0.1, 0.15) is 77.8 Å². The third kappa shape index (κ3) is 8.05. The Hall–Kier alpha value is -4.46. The number of nitrogens with zero attached hydrogens (tertiary/aromatic N) is 2. The maximum Gasteiger partial charge on any atom is 0.407 e. The van der Waals surface area contributed by atoms with Gasteiger partial charge in [-0.05, 0) is 68.6 Å². The Morgan fingerprint density at radius 3 is 2.61 bits per heavy atom.